The van der Waals surface area contributed by atoms with Gasteiger partial charge in [-0.3, -0.25) is 14.5 Å². The number of para-hydroxylation sites is 1. The standard InChI is InChI=1S/C34H34FN7O4S2/c1-20(2)36-10-11-46-32-28(40-48(44,45)30-17-37-21(3)47-30)12-22(15-39-32)24-13-25-27(14-26(24)35)38-16-29-31(25)34(33(43)41(29)4)18-42(19-34)23-8-6-5-7-9-23/h5-9,12-17,20,36,40H,10-11,18-19H2,1-4H3. The number of rotatable bonds is 10. The highest BCUT2D eigenvalue weighted by molar-refractivity contribution is 7.94. The number of benzene rings is 2. The second-order valence-electron chi connectivity index (χ2n) is 12.3. The fourth-order valence-electron chi connectivity index (χ4n) is 6.38. The number of halogens is 1. The number of pyridine rings is 2. The highest BCUT2D eigenvalue weighted by Gasteiger charge is 2.58. The Morgan fingerprint density at radius 3 is 2.54 bits per heavy atom. The Balaban J connectivity index is 1.30. The number of aromatic nitrogens is 3. The van der Waals surface area contributed by atoms with E-state index in [0.29, 0.717) is 46.8 Å². The number of hydrogen-bond donors (Lipinski definition) is 2. The molecule has 0 radical (unpaired) electrons. The molecule has 5 heterocycles. The van der Waals surface area contributed by atoms with Crippen LogP contribution in [-0.2, 0) is 20.2 Å². The van der Waals surface area contributed by atoms with E-state index in [1.54, 1.807) is 31.1 Å². The lowest BCUT2D eigenvalue weighted by Crippen LogP contribution is -2.64. The van der Waals surface area contributed by atoms with E-state index in [9.17, 15) is 13.2 Å². The van der Waals surface area contributed by atoms with Gasteiger partial charge in [-0.05, 0) is 31.2 Å². The largest absolute Gasteiger partial charge is 0.475 e. The first-order valence-electron chi connectivity index (χ1n) is 15.5. The lowest BCUT2D eigenvalue weighted by Gasteiger charge is -2.48. The predicted octanol–water partition coefficient (Wildman–Crippen LogP) is 5.11. The molecule has 1 spiro atoms. The summed E-state index contributed by atoms with van der Waals surface area (Å²) in [5.41, 5.74) is 2.68. The number of thiazole rings is 1. The minimum atomic E-state index is -4.04. The van der Waals surface area contributed by atoms with Crippen molar-refractivity contribution in [3.8, 4) is 17.0 Å². The van der Waals surface area contributed by atoms with E-state index in [-0.39, 0.29) is 39.9 Å². The smallest absolute Gasteiger partial charge is 0.273 e. The molecule has 0 saturated carbocycles. The van der Waals surface area contributed by atoms with Crippen LogP contribution in [0.25, 0.3) is 22.0 Å². The quantitative estimate of drug-likeness (QED) is 0.193. The number of sulfonamides is 1. The number of aryl methyl sites for hydroxylation is 1. The third-order valence-corrected chi connectivity index (χ3v) is 11.4. The Morgan fingerprint density at radius 1 is 1.06 bits per heavy atom. The zero-order valence-electron chi connectivity index (χ0n) is 26.8. The van der Waals surface area contributed by atoms with Crippen LogP contribution in [-0.4, -0.2) is 68.6 Å². The van der Waals surface area contributed by atoms with Crippen molar-refractivity contribution in [2.24, 2.45) is 0 Å². The first kappa shape index (κ1) is 31.9. The van der Waals surface area contributed by atoms with Crippen LogP contribution >= 0.6 is 11.3 Å². The van der Waals surface area contributed by atoms with Crippen LogP contribution in [0.5, 0.6) is 5.88 Å². The number of nitrogens with zero attached hydrogens (tertiary/aromatic N) is 5. The Morgan fingerprint density at radius 2 is 1.83 bits per heavy atom. The van der Waals surface area contributed by atoms with Crippen LogP contribution in [0.4, 0.5) is 21.5 Å². The topological polar surface area (TPSA) is 130 Å². The lowest BCUT2D eigenvalue weighted by molar-refractivity contribution is -0.123. The average Bonchev–Trinajstić information content (AvgIpc) is 3.58. The molecule has 2 aliphatic heterocycles. The molecule has 1 fully saturated rings. The molecule has 3 aromatic heterocycles. The van der Waals surface area contributed by atoms with Gasteiger partial charge in [0.15, 0.2) is 4.21 Å². The summed E-state index contributed by atoms with van der Waals surface area (Å²) in [5, 5.41) is 4.49. The van der Waals surface area contributed by atoms with Gasteiger partial charge in [-0.1, -0.05) is 32.0 Å². The summed E-state index contributed by atoms with van der Waals surface area (Å²) in [6.45, 7) is 7.41. The fourth-order valence-corrected chi connectivity index (χ4v) is 8.54. The first-order chi connectivity index (χ1) is 23.0. The molecule has 2 aromatic carbocycles. The molecule has 7 rings (SSSR count). The lowest BCUT2D eigenvalue weighted by atomic mass is 9.73. The Kier molecular flexibility index (Phi) is 8.04. The summed E-state index contributed by atoms with van der Waals surface area (Å²) in [6.07, 6.45) is 4.37. The van der Waals surface area contributed by atoms with Crippen molar-refractivity contribution in [2.75, 3.05) is 47.8 Å². The van der Waals surface area contributed by atoms with Crippen LogP contribution in [0, 0.1) is 12.7 Å². The zero-order valence-corrected chi connectivity index (χ0v) is 28.5. The molecule has 48 heavy (non-hydrogen) atoms. The van der Waals surface area contributed by atoms with E-state index in [4.69, 9.17) is 4.74 Å². The van der Waals surface area contributed by atoms with E-state index in [1.165, 1.54) is 24.5 Å². The van der Waals surface area contributed by atoms with Crippen LogP contribution in [0.2, 0.25) is 0 Å². The number of carbonyl (C=O) groups excluding carboxylic acids is 1. The zero-order chi connectivity index (χ0) is 33.8. The molecule has 0 aliphatic carbocycles. The third-order valence-electron chi connectivity index (χ3n) is 8.70. The van der Waals surface area contributed by atoms with Gasteiger partial charge in [0, 0.05) is 72.8 Å². The number of amides is 1. The molecule has 0 unspecified atom stereocenters. The van der Waals surface area contributed by atoms with Crippen molar-refractivity contribution in [2.45, 2.75) is 36.4 Å². The molecule has 0 atom stereocenters. The maximum absolute atomic E-state index is 15.9. The van der Waals surface area contributed by atoms with Gasteiger partial charge in [0.2, 0.25) is 11.8 Å². The molecular weight excluding hydrogens is 654 g/mol. The number of fused-ring (bicyclic) bond motifs is 4. The van der Waals surface area contributed by atoms with E-state index < -0.39 is 21.3 Å². The van der Waals surface area contributed by atoms with Gasteiger partial charge in [0.05, 0.1) is 28.6 Å². The summed E-state index contributed by atoms with van der Waals surface area (Å²) in [7, 11) is -2.31. The second kappa shape index (κ2) is 12.1. The SMILES string of the molecule is Cc1ncc(S(=O)(=O)Nc2cc(-c3cc4c5c(cnc4cc3F)N(C)C(=O)C53CN(c4ccccc4)C3)cnc2OCCNC(C)C)s1. The summed E-state index contributed by atoms with van der Waals surface area (Å²) >= 11 is 1.03. The van der Waals surface area contributed by atoms with Crippen molar-refractivity contribution in [3.05, 3.63) is 83.5 Å². The van der Waals surface area contributed by atoms with Crippen molar-refractivity contribution < 1.29 is 22.3 Å². The molecular formula is C34H34FN7O4S2. The van der Waals surface area contributed by atoms with Crippen LogP contribution in [0.3, 0.4) is 0 Å². The maximum atomic E-state index is 15.9. The number of hydrogen-bond acceptors (Lipinski definition) is 10. The van der Waals surface area contributed by atoms with Crippen molar-refractivity contribution in [3.63, 3.8) is 0 Å². The van der Waals surface area contributed by atoms with Crippen molar-refractivity contribution >= 4 is 55.2 Å². The molecule has 11 nitrogen and oxygen atoms in total. The minimum Gasteiger partial charge on any atom is -0.475 e. The molecule has 2 N–H and O–H groups in total. The van der Waals surface area contributed by atoms with Gasteiger partial charge >= 0.3 is 0 Å². The van der Waals surface area contributed by atoms with Crippen LogP contribution in [0.1, 0.15) is 24.4 Å². The Bertz CT molecular complexity index is 2150. The van der Waals surface area contributed by atoms with Crippen LogP contribution < -0.4 is 24.6 Å². The van der Waals surface area contributed by atoms with Gasteiger partial charge in [0.1, 0.15) is 23.5 Å². The molecule has 1 saturated heterocycles. The Hall–Kier alpha value is -4.66. The molecule has 14 heteroatoms. The fraction of sp³-hybridized carbons (Fsp3) is 0.294. The van der Waals surface area contributed by atoms with Crippen molar-refractivity contribution in [1.29, 1.82) is 0 Å². The van der Waals surface area contributed by atoms with E-state index >= 15 is 4.39 Å². The molecule has 1 amide bonds. The second-order valence-corrected chi connectivity index (χ2v) is 15.5. The highest BCUT2D eigenvalue weighted by Crippen LogP contribution is 2.51. The van der Waals surface area contributed by atoms with Gasteiger partial charge in [-0.2, -0.15) is 0 Å². The first-order valence-corrected chi connectivity index (χ1v) is 17.8. The average molecular weight is 688 g/mol. The number of ether oxygens (including phenoxy) is 1. The summed E-state index contributed by atoms with van der Waals surface area (Å²) < 4.78 is 51.1. The Labute approximate surface area is 281 Å². The number of likely N-dealkylation sites (N-methyl/N-ethyl adjacent to an activating group) is 1. The maximum Gasteiger partial charge on any atom is 0.273 e. The molecule has 5 aromatic rings. The molecule has 2 aliphatic rings. The molecule has 0 bridgehead atoms. The highest BCUT2D eigenvalue weighted by atomic mass is 32.2. The third kappa shape index (κ3) is 5.53. The van der Waals surface area contributed by atoms with E-state index in [0.717, 1.165) is 22.6 Å². The summed E-state index contributed by atoms with van der Waals surface area (Å²) in [4.78, 5) is 30.6. The number of carbonyl (C=O) groups is 1. The number of nitrogens with one attached hydrogen (secondary N) is 2. The van der Waals surface area contributed by atoms with E-state index in [1.807, 2.05) is 44.2 Å². The minimum absolute atomic E-state index is 0.0282. The van der Waals surface area contributed by atoms with Gasteiger partial charge in [-0.15, -0.1) is 11.3 Å². The summed E-state index contributed by atoms with van der Waals surface area (Å²) in [6, 6.07) is 14.7. The predicted molar refractivity (Wildman–Crippen MR) is 185 cm³/mol. The normalized spacial score (nSPS) is 15.3. The summed E-state index contributed by atoms with van der Waals surface area (Å²) in [5.74, 6) is -0.542. The van der Waals surface area contributed by atoms with Gasteiger partial charge in [0.25, 0.3) is 10.0 Å². The van der Waals surface area contributed by atoms with Gasteiger partial charge < -0.3 is 19.9 Å². The van der Waals surface area contributed by atoms with Gasteiger partial charge in [-0.25, -0.2) is 22.8 Å². The van der Waals surface area contributed by atoms with Crippen LogP contribution in [0.15, 0.2) is 71.3 Å². The van der Waals surface area contributed by atoms with E-state index in [2.05, 4.69) is 29.9 Å². The monoisotopic (exact) mass is 687 g/mol. The van der Waals surface area contributed by atoms with Crippen molar-refractivity contribution in [1.82, 2.24) is 20.3 Å². The number of anilines is 3. The molecule has 248 valence electrons.